The highest BCUT2D eigenvalue weighted by Crippen LogP contribution is 2.22. The van der Waals surface area contributed by atoms with E-state index < -0.39 is 11.5 Å². The van der Waals surface area contributed by atoms with E-state index in [4.69, 9.17) is 9.68 Å². The fourth-order valence-corrected chi connectivity index (χ4v) is 1.47. The smallest absolute Gasteiger partial charge is 0.134 e. The molecule has 0 fully saturated rings. The van der Waals surface area contributed by atoms with Crippen LogP contribution in [0.3, 0.4) is 0 Å². The number of nitrogens with zero attached hydrogens (tertiary/aromatic N) is 1. The van der Waals surface area contributed by atoms with Crippen LogP contribution in [0.4, 0.5) is 0 Å². The largest absolute Gasteiger partial charge is 0.544 e. The molecule has 4 nitrogen and oxygen atoms in total. The topological polar surface area (TPSA) is 77.1 Å². The van der Waals surface area contributed by atoms with Crippen LogP contribution in [0.5, 0.6) is 0 Å². The maximum atomic E-state index is 10.6. The van der Waals surface area contributed by atoms with E-state index in [-0.39, 0.29) is 0 Å². The summed E-state index contributed by atoms with van der Waals surface area (Å²) >= 11 is 0. The van der Waals surface area contributed by atoms with Gasteiger partial charge in [-0.05, 0) is 12.1 Å². The van der Waals surface area contributed by atoms with Crippen LogP contribution >= 0.6 is 0 Å². The van der Waals surface area contributed by atoms with Crippen molar-refractivity contribution in [3.63, 3.8) is 0 Å². The molecule has 0 atom stereocenters. The minimum Gasteiger partial charge on any atom is -0.544 e. The van der Waals surface area contributed by atoms with Gasteiger partial charge >= 0.3 is 0 Å². The van der Waals surface area contributed by atoms with Crippen molar-refractivity contribution in [3.8, 4) is 17.4 Å². The van der Waals surface area contributed by atoms with Crippen LogP contribution in [-0.2, 0) is 4.79 Å². The van der Waals surface area contributed by atoms with Gasteiger partial charge in [-0.3, -0.25) is 0 Å². The molecular formula is C14H8NO3-. The Morgan fingerprint density at radius 2 is 1.94 bits per heavy atom. The average molecular weight is 238 g/mol. The van der Waals surface area contributed by atoms with Gasteiger partial charge in [-0.2, -0.15) is 5.26 Å². The van der Waals surface area contributed by atoms with Crippen molar-refractivity contribution in [2.24, 2.45) is 0 Å². The van der Waals surface area contributed by atoms with Crippen LogP contribution < -0.4 is 5.11 Å². The number of carboxylic acid groups (broad SMARTS) is 1. The van der Waals surface area contributed by atoms with Crippen LogP contribution in [0.25, 0.3) is 17.4 Å². The molecule has 0 bridgehead atoms. The third-order valence-corrected chi connectivity index (χ3v) is 2.31. The summed E-state index contributed by atoms with van der Waals surface area (Å²) in [6, 6.07) is 14.2. The van der Waals surface area contributed by atoms with Crippen molar-refractivity contribution in [3.05, 3.63) is 53.8 Å². The minimum absolute atomic E-state index is 0.301. The molecular weight excluding hydrogens is 230 g/mol. The molecule has 88 valence electrons. The highest BCUT2D eigenvalue weighted by molar-refractivity contribution is 5.94. The molecule has 0 N–H and O–H groups in total. The van der Waals surface area contributed by atoms with Crippen LogP contribution in [0.15, 0.2) is 52.5 Å². The van der Waals surface area contributed by atoms with Gasteiger partial charge in [-0.1, -0.05) is 30.3 Å². The van der Waals surface area contributed by atoms with Gasteiger partial charge in [-0.25, -0.2) is 0 Å². The zero-order chi connectivity index (χ0) is 13.0. The van der Waals surface area contributed by atoms with Crippen LogP contribution in [0.2, 0.25) is 0 Å². The van der Waals surface area contributed by atoms with Crippen LogP contribution in [0.1, 0.15) is 5.76 Å². The van der Waals surface area contributed by atoms with Crippen molar-refractivity contribution in [2.45, 2.75) is 0 Å². The second kappa shape index (κ2) is 5.02. The first kappa shape index (κ1) is 11.7. The molecule has 1 heterocycles. The highest BCUT2D eigenvalue weighted by atomic mass is 16.4. The van der Waals surface area contributed by atoms with Gasteiger partial charge in [0.25, 0.3) is 0 Å². The first-order valence-electron chi connectivity index (χ1n) is 5.19. The van der Waals surface area contributed by atoms with Crippen molar-refractivity contribution in [1.82, 2.24) is 0 Å². The Morgan fingerprint density at radius 1 is 1.22 bits per heavy atom. The lowest BCUT2D eigenvalue weighted by molar-refractivity contribution is -0.298. The Labute approximate surface area is 103 Å². The summed E-state index contributed by atoms with van der Waals surface area (Å²) in [5.41, 5.74) is 0.410. The van der Waals surface area contributed by atoms with E-state index in [0.717, 1.165) is 11.6 Å². The van der Waals surface area contributed by atoms with E-state index in [1.807, 2.05) is 30.3 Å². The summed E-state index contributed by atoms with van der Waals surface area (Å²) < 4.78 is 5.43. The molecule has 0 unspecified atom stereocenters. The number of aliphatic carboxylic acids is 1. The molecule has 0 aliphatic heterocycles. The Bertz CT molecular complexity index is 633. The Balaban J connectivity index is 2.33. The van der Waals surface area contributed by atoms with Gasteiger partial charge in [0.05, 0.1) is 11.5 Å². The van der Waals surface area contributed by atoms with Crippen molar-refractivity contribution in [2.75, 3.05) is 0 Å². The zero-order valence-corrected chi connectivity index (χ0v) is 9.29. The number of benzene rings is 1. The molecule has 0 saturated heterocycles. The van der Waals surface area contributed by atoms with E-state index in [1.54, 1.807) is 12.1 Å². The third-order valence-electron chi connectivity index (χ3n) is 2.31. The minimum atomic E-state index is -1.52. The first-order valence-corrected chi connectivity index (χ1v) is 5.19. The van der Waals surface area contributed by atoms with Gasteiger partial charge in [0.2, 0.25) is 0 Å². The molecule has 0 spiro atoms. The second-order valence-corrected chi connectivity index (χ2v) is 3.53. The molecule has 0 amide bonds. The molecule has 1 aromatic heterocycles. The predicted octanol–water partition coefficient (Wildman–Crippen LogP) is 1.60. The maximum absolute atomic E-state index is 10.6. The van der Waals surface area contributed by atoms with Crippen LogP contribution in [0, 0.1) is 11.3 Å². The number of rotatable bonds is 3. The molecule has 2 aromatic rings. The molecule has 0 saturated carbocycles. The summed E-state index contributed by atoms with van der Waals surface area (Å²) in [6.07, 6.45) is 1.14. The fourth-order valence-electron chi connectivity index (χ4n) is 1.47. The van der Waals surface area contributed by atoms with E-state index in [0.29, 0.717) is 11.5 Å². The Kier molecular flexibility index (Phi) is 3.26. The molecule has 0 aliphatic rings. The van der Waals surface area contributed by atoms with Crippen LogP contribution in [-0.4, -0.2) is 5.97 Å². The number of nitriles is 1. The molecule has 1 aromatic carbocycles. The number of carbonyl (C=O) groups is 1. The molecule has 0 aliphatic carbocycles. The van der Waals surface area contributed by atoms with Gasteiger partial charge in [0.1, 0.15) is 17.6 Å². The SMILES string of the molecule is N#C/C(=C/c1ccc(-c2ccccc2)o1)C(=O)[O-]. The van der Waals surface area contributed by atoms with E-state index in [2.05, 4.69) is 0 Å². The average Bonchev–Trinajstić information content (AvgIpc) is 2.85. The first-order chi connectivity index (χ1) is 8.70. The van der Waals surface area contributed by atoms with Gasteiger partial charge in [-0.15, -0.1) is 0 Å². The Morgan fingerprint density at radius 3 is 2.56 bits per heavy atom. The highest BCUT2D eigenvalue weighted by Gasteiger charge is 2.04. The zero-order valence-electron chi connectivity index (χ0n) is 9.29. The standard InChI is InChI=1S/C14H9NO3/c15-9-11(14(16)17)8-12-6-7-13(18-12)10-4-2-1-3-5-10/h1-8H,(H,16,17)/p-1/b11-8-. The second-order valence-electron chi connectivity index (χ2n) is 3.53. The van der Waals surface area contributed by atoms with E-state index in [1.165, 1.54) is 6.07 Å². The monoisotopic (exact) mass is 238 g/mol. The van der Waals surface area contributed by atoms with Gasteiger partial charge in [0, 0.05) is 11.6 Å². The number of carboxylic acids is 1. The van der Waals surface area contributed by atoms with Crippen molar-refractivity contribution in [1.29, 1.82) is 5.26 Å². The molecule has 2 rings (SSSR count). The summed E-state index contributed by atoms with van der Waals surface area (Å²) in [5.74, 6) is -0.609. The molecule has 4 heteroatoms. The summed E-state index contributed by atoms with van der Waals surface area (Å²) in [5, 5.41) is 19.2. The lowest BCUT2D eigenvalue weighted by atomic mass is 10.2. The Hall–Kier alpha value is -2.80. The lowest BCUT2D eigenvalue weighted by Gasteiger charge is -1.97. The lowest BCUT2D eigenvalue weighted by Crippen LogP contribution is -2.23. The number of hydrogen-bond donors (Lipinski definition) is 0. The summed E-state index contributed by atoms with van der Waals surface area (Å²) in [4.78, 5) is 10.6. The summed E-state index contributed by atoms with van der Waals surface area (Å²) in [6.45, 7) is 0. The molecule has 18 heavy (non-hydrogen) atoms. The predicted molar refractivity (Wildman–Crippen MR) is 62.7 cm³/mol. The number of carbonyl (C=O) groups excluding carboxylic acids is 1. The van der Waals surface area contributed by atoms with E-state index >= 15 is 0 Å². The van der Waals surface area contributed by atoms with E-state index in [9.17, 15) is 9.90 Å². The normalized spacial score (nSPS) is 10.9. The third kappa shape index (κ3) is 2.47. The quantitative estimate of drug-likeness (QED) is 0.601. The number of furan rings is 1. The van der Waals surface area contributed by atoms with Gasteiger partial charge in [0.15, 0.2) is 0 Å². The molecule has 0 radical (unpaired) electrons. The van der Waals surface area contributed by atoms with Crippen molar-refractivity contribution >= 4 is 12.0 Å². The maximum Gasteiger partial charge on any atom is 0.134 e. The number of hydrogen-bond acceptors (Lipinski definition) is 4. The van der Waals surface area contributed by atoms with Gasteiger partial charge < -0.3 is 14.3 Å². The fraction of sp³-hybridized carbons (Fsp3) is 0. The summed E-state index contributed by atoms with van der Waals surface area (Å²) in [7, 11) is 0. The van der Waals surface area contributed by atoms with Crippen molar-refractivity contribution < 1.29 is 14.3 Å².